The highest BCUT2D eigenvalue weighted by Gasteiger charge is 2.53. The summed E-state index contributed by atoms with van der Waals surface area (Å²) in [5.74, 6) is -3.12. The van der Waals surface area contributed by atoms with Gasteiger partial charge in [0.15, 0.2) is 5.71 Å². The van der Waals surface area contributed by atoms with Crippen LogP contribution >= 0.6 is 0 Å². The zero-order valence-corrected chi connectivity index (χ0v) is 16.4. The first-order chi connectivity index (χ1) is 13.8. The van der Waals surface area contributed by atoms with E-state index in [-0.39, 0.29) is 46.3 Å². The molecule has 29 heavy (non-hydrogen) atoms. The minimum atomic E-state index is -3.12. The molecule has 1 heterocycles. The molecule has 1 aromatic carbocycles. The normalized spacial score (nSPS) is 16.4. The molecule has 1 aliphatic rings. The van der Waals surface area contributed by atoms with Crippen molar-refractivity contribution in [1.82, 2.24) is 0 Å². The number of benzene rings is 1. The molecule has 1 aliphatic heterocycles. The van der Waals surface area contributed by atoms with Gasteiger partial charge in [0.1, 0.15) is 11.7 Å². The number of aliphatic imine (C=N–C) groups is 1. The number of ether oxygens (including phenoxy) is 3. The third-order valence-corrected chi connectivity index (χ3v) is 4.40. The lowest BCUT2D eigenvalue weighted by Gasteiger charge is -2.27. The van der Waals surface area contributed by atoms with Gasteiger partial charge in [0.2, 0.25) is 5.92 Å². The largest absolute Gasteiger partial charge is 0.466 e. The van der Waals surface area contributed by atoms with E-state index < -0.39 is 24.5 Å². The summed E-state index contributed by atoms with van der Waals surface area (Å²) in [5, 5.41) is 8.21. The van der Waals surface area contributed by atoms with E-state index in [0.29, 0.717) is 0 Å². The number of allylic oxidation sites excluding steroid dienone is 1. The van der Waals surface area contributed by atoms with Crippen LogP contribution in [0.2, 0.25) is 0 Å². The van der Waals surface area contributed by atoms with Crippen LogP contribution in [0.3, 0.4) is 0 Å². The maximum absolute atomic E-state index is 13.0. The van der Waals surface area contributed by atoms with Crippen molar-refractivity contribution in [2.45, 2.75) is 32.8 Å². The average molecular weight is 407 g/mol. The number of rotatable bonds is 7. The number of para-hydroxylation sites is 1. The molecule has 0 saturated heterocycles. The second-order valence-electron chi connectivity index (χ2n) is 6.04. The van der Waals surface area contributed by atoms with E-state index in [4.69, 9.17) is 14.9 Å². The van der Waals surface area contributed by atoms with Crippen molar-refractivity contribution in [2.75, 3.05) is 14.2 Å². The molecule has 1 aromatic rings. The number of halogens is 2. The van der Waals surface area contributed by atoms with Gasteiger partial charge in [-0.25, -0.2) is 20.0 Å². The fourth-order valence-electron chi connectivity index (χ4n) is 3.11. The first-order valence-corrected chi connectivity index (χ1v) is 8.71. The molecule has 0 bridgehead atoms. The molecule has 0 spiro atoms. The first kappa shape index (κ1) is 22.1. The number of esters is 2. The number of nitrogens with zero attached hydrogens (tertiary/aromatic N) is 1. The van der Waals surface area contributed by atoms with Gasteiger partial charge < -0.3 is 14.2 Å². The molecule has 0 aromatic heterocycles. The Labute approximate surface area is 166 Å². The predicted octanol–water partition coefficient (Wildman–Crippen LogP) is 3.45. The second kappa shape index (κ2) is 9.31. The van der Waals surface area contributed by atoms with E-state index >= 15 is 0 Å². The van der Waals surface area contributed by atoms with E-state index in [2.05, 4.69) is 9.73 Å². The van der Waals surface area contributed by atoms with Crippen LogP contribution in [-0.4, -0.2) is 44.2 Å². The van der Waals surface area contributed by atoms with E-state index in [0.717, 1.165) is 14.2 Å². The highest BCUT2D eigenvalue weighted by atomic mass is 19.3. The van der Waals surface area contributed by atoms with Gasteiger partial charge in [0.25, 0.3) is 5.71 Å². The number of hydrogen-bond acceptors (Lipinski definition) is 7. The van der Waals surface area contributed by atoms with Gasteiger partial charge in [0, 0.05) is 5.56 Å². The van der Waals surface area contributed by atoms with Crippen LogP contribution in [-0.2, 0) is 19.1 Å². The van der Waals surface area contributed by atoms with Crippen LogP contribution < -0.4 is 4.74 Å². The number of alkyl halides is 2. The Kier molecular flexibility index (Phi) is 7.08. The number of hydrogen-bond donors (Lipinski definition) is 1. The van der Waals surface area contributed by atoms with Crippen molar-refractivity contribution in [1.29, 1.82) is 5.41 Å². The van der Waals surface area contributed by atoms with Gasteiger partial charge in [-0.15, -0.1) is 0 Å². The molecular formula is C20H21F2N2O5+. The molecule has 7 nitrogen and oxygen atoms in total. The van der Waals surface area contributed by atoms with Crippen molar-refractivity contribution in [3.8, 4) is 5.75 Å². The summed E-state index contributed by atoms with van der Waals surface area (Å²) in [4.78, 5) is 29.5. The highest BCUT2D eigenvalue weighted by molar-refractivity contribution is 6.51. The number of nitrogens with one attached hydrogen (secondary N) is 1. The van der Waals surface area contributed by atoms with E-state index in [1.54, 1.807) is 13.0 Å². The molecule has 2 rings (SSSR count). The molecule has 154 valence electrons. The van der Waals surface area contributed by atoms with Crippen molar-refractivity contribution in [2.24, 2.45) is 4.99 Å². The van der Waals surface area contributed by atoms with Crippen LogP contribution in [0.5, 0.6) is 5.75 Å². The van der Waals surface area contributed by atoms with Crippen LogP contribution in [0.25, 0.3) is 0 Å². The summed E-state index contributed by atoms with van der Waals surface area (Å²) in [6.45, 7) is 0.111. The summed E-state index contributed by atoms with van der Waals surface area (Å²) in [5.41, 5.74) is 0.372. The maximum Gasteiger partial charge on any atom is 0.422 e. The second-order valence-corrected chi connectivity index (χ2v) is 6.04. The summed E-state index contributed by atoms with van der Waals surface area (Å²) >= 11 is 0. The van der Waals surface area contributed by atoms with Crippen LogP contribution in [0.1, 0.15) is 31.7 Å². The molecule has 1 N–H and O–H groups in total. The number of carbonyl (C=O) groups is 2. The Hall–Kier alpha value is -3.23. The lowest BCUT2D eigenvalue weighted by molar-refractivity contribution is -0.138. The summed E-state index contributed by atoms with van der Waals surface area (Å²) in [7, 11) is 2.30. The highest BCUT2D eigenvalue weighted by Crippen LogP contribution is 2.45. The third-order valence-electron chi connectivity index (χ3n) is 4.40. The van der Waals surface area contributed by atoms with Gasteiger partial charge in [-0.2, -0.15) is 8.78 Å². The average Bonchev–Trinajstić information content (AvgIpc) is 2.71. The monoisotopic (exact) mass is 407 g/mol. The Morgan fingerprint density at radius 3 is 2.45 bits per heavy atom. The Bertz CT molecular complexity index is 879. The van der Waals surface area contributed by atoms with Crippen LogP contribution in [0.15, 0.2) is 40.5 Å². The first-order valence-electron chi connectivity index (χ1n) is 8.71. The summed E-state index contributed by atoms with van der Waals surface area (Å²) in [6.07, 6.45) is 0.252. The zero-order valence-electron chi connectivity index (χ0n) is 16.4. The van der Waals surface area contributed by atoms with Gasteiger partial charge in [-0.3, -0.25) is 0 Å². The standard InChI is InChI=1S/C20H21F2N2O5/c1-5-12(23)17-16(19(26)28-4)15(14(10(2)24-17)18(25)27-3)11-8-6-7-9-13(11)29-20(21)22/h6-9,15,20,23H,5H2,1-4H3/q+1. The molecule has 1 unspecified atom stereocenters. The maximum atomic E-state index is 13.0. The Morgan fingerprint density at radius 1 is 1.24 bits per heavy atom. The smallest absolute Gasteiger partial charge is 0.422 e. The van der Waals surface area contributed by atoms with E-state index in [9.17, 15) is 18.4 Å². The zero-order chi connectivity index (χ0) is 21.7. The summed E-state index contributed by atoms with van der Waals surface area (Å²) < 4.78 is 40.3. The van der Waals surface area contributed by atoms with Crippen molar-refractivity contribution in [3.63, 3.8) is 0 Å². The fourth-order valence-corrected chi connectivity index (χ4v) is 3.11. The number of methoxy groups -OCH3 is 2. The minimum Gasteiger partial charge on any atom is -0.466 e. The van der Waals surface area contributed by atoms with Gasteiger partial charge in [-0.1, -0.05) is 18.2 Å². The molecule has 9 heteroatoms. The molecule has 1 atom stereocenters. The third kappa shape index (κ3) is 4.44. The van der Waals surface area contributed by atoms with Crippen molar-refractivity contribution < 1.29 is 32.6 Å². The van der Waals surface area contributed by atoms with Crippen LogP contribution in [0, 0.1) is 11.3 Å². The molecule has 0 aliphatic carbocycles. The van der Waals surface area contributed by atoms with Crippen molar-refractivity contribution in [3.05, 3.63) is 47.0 Å². The fraction of sp³-hybridized carbons (Fsp3) is 0.350. The minimum absolute atomic E-state index is 0.0223. The van der Waals surface area contributed by atoms with Crippen molar-refractivity contribution >= 4 is 23.4 Å². The molecule has 0 saturated carbocycles. The quantitative estimate of drug-likeness (QED) is 0.424. The number of carbonyl (C=O) groups excluding carboxylic acids is 2. The lowest BCUT2D eigenvalue weighted by Crippen LogP contribution is -2.38. The molecule has 0 fully saturated rings. The molecular weight excluding hydrogens is 386 g/mol. The van der Waals surface area contributed by atoms with E-state index in [1.807, 2.05) is 0 Å². The lowest BCUT2D eigenvalue weighted by atomic mass is 9.73. The van der Waals surface area contributed by atoms with Gasteiger partial charge in [-0.05, 0) is 19.9 Å². The van der Waals surface area contributed by atoms with Crippen LogP contribution in [0.4, 0.5) is 8.78 Å². The van der Waals surface area contributed by atoms with Gasteiger partial charge >= 0.3 is 18.6 Å². The Morgan fingerprint density at radius 2 is 1.90 bits per heavy atom. The molecule has 0 amide bonds. The van der Waals surface area contributed by atoms with E-state index in [1.165, 1.54) is 25.1 Å². The predicted molar refractivity (Wildman–Crippen MR) is 101 cm³/mol. The topological polar surface area (TPSA) is 98.0 Å². The van der Waals surface area contributed by atoms with Gasteiger partial charge in [0.05, 0.1) is 31.9 Å². The molecule has 0 radical (unpaired) electrons. The SMILES string of the molecule is CCC(=N)C1=NC(C)=C(C(=O)OC)C(c2ccccc2OC(F)F)[C+]1C(=O)OC. The summed E-state index contributed by atoms with van der Waals surface area (Å²) in [6, 6.07) is 5.81. The Balaban J connectivity index is 2.82.